The highest BCUT2D eigenvalue weighted by Gasteiger charge is 2.23. The minimum atomic E-state index is -0.474. The summed E-state index contributed by atoms with van der Waals surface area (Å²) in [5, 5.41) is 8.55. The summed E-state index contributed by atoms with van der Waals surface area (Å²) in [5.74, 6) is 0.381. The Morgan fingerprint density at radius 2 is 0.910 bits per heavy atom. The smallest absolute Gasteiger partial charge is 0.187 e. The summed E-state index contributed by atoms with van der Waals surface area (Å²) in [6.07, 6.45) is 1.08. The molecular formula is C79H46ClN7S2. The van der Waals surface area contributed by atoms with E-state index >= 15 is 0 Å². The summed E-state index contributed by atoms with van der Waals surface area (Å²) < 4.78 is 87.1. The summed E-state index contributed by atoms with van der Waals surface area (Å²) in [5.41, 5.74) is 14.0. The van der Waals surface area contributed by atoms with Crippen LogP contribution in [0.1, 0.15) is 24.8 Å². The van der Waals surface area contributed by atoms with Crippen molar-refractivity contribution in [3.05, 3.63) is 306 Å². The lowest BCUT2D eigenvalue weighted by atomic mass is 10.0. The van der Waals surface area contributed by atoms with E-state index in [0.29, 0.717) is 37.9 Å². The Hall–Kier alpha value is -11.2. The lowest BCUT2D eigenvalue weighted by Gasteiger charge is -2.13. The molecule has 0 atom stereocenters. The van der Waals surface area contributed by atoms with E-state index in [1.54, 1.807) is 24.3 Å². The monoisotopic (exact) mass is 1200 g/mol. The zero-order chi connectivity index (χ0) is 68.2. The van der Waals surface area contributed by atoms with Crippen LogP contribution in [0.4, 0.5) is 11.4 Å². The highest BCUT2D eigenvalue weighted by atomic mass is 35.5. The Morgan fingerprint density at radius 1 is 0.404 bits per heavy atom. The fourth-order valence-corrected chi connectivity index (χ4v) is 14.2. The quantitative estimate of drug-likeness (QED) is 0.161. The van der Waals surface area contributed by atoms with Crippen LogP contribution in [0.15, 0.2) is 267 Å². The molecule has 17 aromatic rings. The minimum absolute atomic E-state index is 0.000151. The van der Waals surface area contributed by atoms with Crippen LogP contribution < -0.4 is 0 Å². The molecule has 89 heavy (non-hydrogen) atoms. The Labute approximate surface area is 539 Å². The zero-order valence-corrected chi connectivity index (χ0v) is 49.1. The van der Waals surface area contributed by atoms with Crippen molar-refractivity contribution in [1.82, 2.24) is 24.5 Å². The van der Waals surface area contributed by atoms with Crippen LogP contribution in [0.5, 0.6) is 0 Å². The second kappa shape index (κ2) is 22.3. The number of hydrogen-bond donors (Lipinski definition) is 0. The average molecular weight is 1200 g/mol. The second-order valence-corrected chi connectivity index (χ2v) is 23.7. The fourth-order valence-electron chi connectivity index (χ4n) is 11.9. The number of thiophene rings is 2. The molecule has 18 rings (SSSR count). The molecule has 1 aliphatic rings. The third kappa shape index (κ3) is 9.68. The van der Waals surface area contributed by atoms with Gasteiger partial charge in [-0.3, -0.25) is 4.57 Å². The molecule has 0 unspecified atom stereocenters. The molecule has 0 radical (unpaired) electrons. The third-order valence-electron chi connectivity index (χ3n) is 16.1. The molecule has 0 aliphatic heterocycles. The van der Waals surface area contributed by atoms with Gasteiger partial charge in [-0.25, -0.2) is 29.6 Å². The van der Waals surface area contributed by atoms with Gasteiger partial charge in [0.2, 0.25) is 0 Å². The van der Waals surface area contributed by atoms with Crippen LogP contribution in [0, 0.1) is 13.1 Å². The Balaban J connectivity index is 0.000000130. The van der Waals surface area contributed by atoms with E-state index in [2.05, 4.69) is 117 Å². The average Bonchev–Trinajstić information content (AvgIpc) is 1.63. The molecule has 0 spiro atoms. The second-order valence-electron chi connectivity index (χ2n) is 21.3. The van der Waals surface area contributed by atoms with Gasteiger partial charge < -0.3 is 0 Å². The maximum Gasteiger partial charge on any atom is 0.187 e. The molecule has 0 N–H and O–H groups in total. The molecule has 12 aromatic carbocycles. The number of hydrogen-bond acceptors (Lipinski definition) is 6. The van der Waals surface area contributed by atoms with E-state index < -0.39 is 36.3 Å². The molecule has 0 saturated carbocycles. The van der Waals surface area contributed by atoms with Gasteiger partial charge in [-0.2, -0.15) is 0 Å². The first-order valence-electron chi connectivity index (χ1n) is 33.3. The van der Waals surface area contributed by atoms with Crippen molar-refractivity contribution in [3.8, 4) is 61.7 Å². The SMILES string of the molecule is [2H]c1c([2H])c([2H])c(-c2nc3sc4cc(-c5ccc([N+]#[C-])cc5)ccc4c3nc2-n2c3ccccc3c3cc4ccccc4cc32)c([2H])c1[2H].[2H]c1c([2H])c([2H])c(-c2nc3sc4cc(-c5ccc([N+]#[C-])cc5)ccc4c3nc2Cl)c([2H])c1[2H].c1ccc2c(c1)Cc1cc3ccccc3cc1-2. The van der Waals surface area contributed by atoms with E-state index in [0.717, 1.165) is 81.4 Å². The van der Waals surface area contributed by atoms with Crippen molar-refractivity contribution >= 4 is 130 Å². The van der Waals surface area contributed by atoms with Crippen molar-refractivity contribution in [2.24, 2.45) is 0 Å². The highest BCUT2D eigenvalue weighted by Crippen LogP contribution is 2.43. The molecule has 5 heterocycles. The molecular weight excluding hydrogens is 1150 g/mol. The molecule has 416 valence electrons. The first-order valence-corrected chi connectivity index (χ1v) is 30.3. The number of fused-ring (bicyclic) bond motifs is 14. The maximum absolute atomic E-state index is 8.93. The van der Waals surface area contributed by atoms with Gasteiger partial charge in [0.1, 0.15) is 32.1 Å². The molecule has 0 bridgehead atoms. The van der Waals surface area contributed by atoms with Gasteiger partial charge in [-0.15, -0.1) is 22.7 Å². The minimum Gasteiger partial charge on any atom is -0.292 e. The number of aromatic nitrogens is 5. The predicted molar refractivity (Wildman–Crippen MR) is 373 cm³/mol. The standard InChI is InChI=1S/C39H22N4S.C23H12ClN3S.C17H12/c1-40-29-18-15-24(16-19-29)28-17-20-31-35(23-28)44-39-37(31)41-38(36(42-39)25-9-3-2-4-10-25)43-33-14-8-7-13-30(33)32-21-26-11-5-6-12-27(26)22-34(32)43;1-25-17-10-7-14(8-11-17)16-9-12-18-19(13-16)28-23-21(18)26-22(24)20(27-23)15-5-3-2-4-6-15;1-2-6-13-11-17-15(9-12(13)5-1)10-14-7-3-4-8-16(14)17/h2-23H;2-13H;1-9,11H,10H2/i2D,3D,4D,9D,10D;2D,3D,4D,5D,6D;. The van der Waals surface area contributed by atoms with Crippen LogP contribution >= 0.6 is 34.3 Å². The summed E-state index contributed by atoms with van der Waals surface area (Å²) >= 11 is 9.24. The van der Waals surface area contributed by atoms with Gasteiger partial charge >= 0.3 is 0 Å². The lowest BCUT2D eigenvalue weighted by Crippen LogP contribution is -2.03. The molecule has 10 heteroatoms. The van der Waals surface area contributed by atoms with Crippen LogP contribution in [-0.4, -0.2) is 24.5 Å². The first kappa shape index (κ1) is 43.4. The fraction of sp³-hybridized carbons (Fsp3) is 0.0127. The van der Waals surface area contributed by atoms with E-state index in [1.807, 2.05) is 89.5 Å². The van der Waals surface area contributed by atoms with Crippen molar-refractivity contribution in [2.75, 3.05) is 0 Å². The van der Waals surface area contributed by atoms with Gasteiger partial charge in [0.25, 0.3) is 0 Å². The summed E-state index contributed by atoms with van der Waals surface area (Å²) in [6.45, 7) is 14.4. The summed E-state index contributed by atoms with van der Waals surface area (Å²) in [7, 11) is 0. The maximum atomic E-state index is 8.93. The van der Waals surface area contributed by atoms with Crippen LogP contribution in [0.2, 0.25) is 5.15 Å². The molecule has 7 nitrogen and oxygen atoms in total. The van der Waals surface area contributed by atoms with Gasteiger partial charge in [-0.1, -0.05) is 242 Å². The Kier molecular flexibility index (Phi) is 10.9. The Morgan fingerprint density at radius 3 is 1.53 bits per heavy atom. The number of nitrogens with zero attached hydrogens (tertiary/aromatic N) is 7. The molecule has 5 aromatic heterocycles. The van der Waals surface area contributed by atoms with Crippen molar-refractivity contribution in [2.45, 2.75) is 6.42 Å². The van der Waals surface area contributed by atoms with Crippen LogP contribution in [-0.2, 0) is 6.42 Å². The van der Waals surface area contributed by atoms with E-state index in [4.69, 9.17) is 48.4 Å². The molecule has 1 aliphatic carbocycles. The third-order valence-corrected chi connectivity index (χ3v) is 18.4. The molecule has 0 amide bonds. The van der Waals surface area contributed by atoms with Gasteiger partial charge in [0.15, 0.2) is 22.3 Å². The number of para-hydroxylation sites is 1. The molecule has 0 fully saturated rings. The van der Waals surface area contributed by atoms with Crippen LogP contribution in [0.25, 0.3) is 156 Å². The number of rotatable bonds is 5. The van der Waals surface area contributed by atoms with Crippen molar-refractivity contribution in [3.63, 3.8) is 0 Å². The van der Waals surface area contributed by atoms with Gasteiger partial charge in [0, 0.05) is 42.1 Å². The topological polar surface area (TPSA) is 65.2 Å². The molecule has 0 saturated heterocycles. The Bertz CT molecular complexity index is 6340. The number of benzene rings is 12. The van der Waals surface area contributed by atoms with Crippen molar-refractivity contribution in [1.29, 1.82) is 0 Å². The normalized spacial score (nSPS) is 13.2. The summed E-state index contributed by atoms with van der Waals surface area (Å²) in [4.78, 5) is 27.5. The predicted octanol–water partition coefficient (Wildman–Crippen LogP) is 22.8. The largest absolute Gasteiger partial charge is 0.292 e. The lowest BCUT2D eigenvalue weighted by molar-refractivity contribution is 1.09. The zero-order valence-electron chi connectivity index (χ0n) is 56.7. The summed E-state index contributed by atoms with van der Waals surface area (Å²) in [6, 6.07) is 65.1. The van der Waals surface area contributed by atoms with Crippen molar-refractivity contribution < 1.29 is 13.7 Å². The van der Waals surface area contributed by atoms with E-state index in [9.17, 15) is 0 Å². The van der Waals surface area contributed by atoms with E-state index in [-0.39, 0.29) is 51.8 Å². The van der Waals surface area contributed by atoms with Gasteiger partial charge in [0.05, 0.1) is 37.9 Å². The van der Waals surface area contributed by atoms with Crippen LogP contribution in [0.3, 0.4) is 0 Å². The van der Waals surface area contributed by atoms with Gasteiger partial charge in [-0.05, 0) is 109 Å². The number of halogens is 1. The highest BCUT2D eigenvalue weighted by molar-refractivity contribution is 7.25. The first-order chi connectivity index (χ1) is 48.0. The van der Waals surface area contributed by atoms with E-state index in [1.165, 1.54) is 55.7 Å².